The molecule has 4 nitrogen and oxygen atoms in total. The zero-order chi connectivity index (χ0) is 21.8. The van der Waals surface area contributed by atoms with E-state index in [1.165, 1.54) is 0 Å². The highest BCUT2D eigenvalue weighted by Gasteiger charge is 2.65. The Morgan fingerprint density at radius 2 is 1.80 bits per heavy atom. The molecule has 0 aromatic heterocycles. The van der Waals surface area contributed by atoms with E-state index in [9.17, 15) is 15.3 Å². The van der Waals surface area contributed by atoms with Gasteiger partial charge in [-0.05, 0) is 97.7 Å². The molecule has 0 saturated heterocycles. The van der Waals surface area contributed by atoms with Gasteiger partial charge in [-0.15, -0.1) is 0 Å². The SMILES string of the molecule is C=C(CC[C@@H](C)[C@H]1CCC2C3C(C[C@H](O)[C@@]21C)[C@@]1(C)CC[C@@H](O)C[C@H]1C[C@H]3O)OC. The van der Waals surface area contributed by atoms with Crippen molar-refractivity contribution in [3.05, 3.63) is 12.3 Å². The van der Waals surface area contributed by atoms with Gasteiger partial charge in [0.15, 0.2) is 0 Å². The van der Waals surface area contributed by atoms with Crippen LogP contribution in [-0.4, -0.2) is 40.7 Å². The summed E-state index contributed by atoms with van der Waals surface area (Å²) in [5.41, 5.74) is 0.0265. The monoisotopic (exact) mass is 420 g/mol. The zero-order valence-electron chi connectivity index (χ0n) is 19.5. The number of allylic oxidation sites excluding steroid dienone is 1. The van der Waals surface area contributed by atoms with E-state index in [0.29, 0.717) is 35.5 Å². The van der Waals surface area contributed by atoms with Crippen molar-refractivity contribution < 1.29 is 20.1 Å². The number of hydrogen-bond acceptors (Lipinski definition) is 4. The van der Waals surface area contributed by atoms with Crippen molar-refractivity contribution in [2.75, 3.05) is 7.11 Å². The lowest BCUT2D eigenvalue weighted by Crippen LogP contribution is -2.62. The normalized spacial score (nSPS) is 51.4. The predicted molar refractivity (Wildman–Crippen MR) is 119 cm³/mol. The Bertz CT molecular complexity index is 649. The van der Waals surface area contributed by atoms with Crippen LogP contribution in [0.1, 0.15) is 78.6 Å². The van der Waals surface area contributed by atoms with E-state index in [1.54, 1.807) is 7.11 Å². The van der Waals surface area contributed by atoms with Crippen LogP contribution in [-0.2, 0) is 4.74 Å². The first kappa shape index (κ1) is 22.6. The second-order valence-corrected chi connectivity index (χ2v) is 11.8. The Labute approximate surface area is 183 Å². The second kappa shape index (κ2) is 8.08. The van der Waals surface area contributed by atoms with Crippen LogP contribution in [0.25, 0.3) is 0 Å². The molecule has 172 valence electrons. The summed E-state index contributed by atoms with van der Waals surface area (Å²) in [6.45, 7) is 11.0. The van der Waals surface area contributed by atoms with Gasteiger partial charge in [0.2, 0.25) is 0 Å². The van der Waals surface area contributed by atoms with Crippen LogP contribution >= 0.6 is 0 Å². The third kappa shape index (κ3) is 3.36. The summed E-state index contributed by atoms with van der Waals surface area (Å²) < 4.78 is 5.28. The quantitative estimate of drug-likeness (QED) is 0.572. The number of fused-ring (bicyclic) bond motifs is 5. The standard InChI is InChI=1S/C26H44O4/c1-15(6-7-16(2)30-5)19-8-9-20-24-21(14-23(29)26(19,20)4)25(3)11-10-18(27)12-17(25)13-22(24)28/h15,17-24,27-29H,2,6-14H2,1,3-5H3/t15-,17+,18-,19-,20?,21?,22-,23+,24?,25+,26-/m1/s1. The molecule has 4 rings (SSSR count). The van der Waals surface area contributed by atoms with E-state index in [1.807, 2.05) is 0 Å². The first-order valence-corrected chi connectivity index (χ1v) is 12.4. The molecule has 0 radical (unpaired) electrons. The third-order valence-electron chi connectivity index (χ3n) is 10.7. The lowest BCUT2D eigenvalue weighted by Gasteiger charge is -2.63. The average molecular weight is 421 g/mol. The maximum absolute atomic E-state index is 11.6. The van der Waals surface area contributed by atoms with Crippen LogP contribution in [0.3, 0.4) is 0 Å². The lowest BCUT2D eigenvalue weighted by molar-refractivity contribution is -0.207. The van der Waals surface area contributed by atoms with Crippen molar-refractivity contribution in [3.63, 3.8) is 0 Å². The molecule has 4 aliphatic rings. The van der Waals surface area contributed by atoms with E-state index < -0.39 is 0 Å². The van der Waals surface area contributed by atoms with Crippen LogP contribution < -0.4 is 0 Å². The Hall–Kier alpha value is -0.580. The highest BCUT2D eigenvalue weighted by molar-refractivity contribution is 5.14. The molecule has 11 atom stereocenters. The zero-order valence-corrected chi connectivity index (χ0v) is 19.5. The summed E-state index contributed by atoms with van der Waals surface area (Å²) in [4.78, 5) is 0. The minimum atomic E-state index is -0.307. The van der Waals surface area contributed by atoms with Crippen molar-refractivity contribution in [3.8, 4) is 0 Å². The average Bonchev–Trinajstić information content (AvgIpc) is 3.06. The van der Waals surface area contributed by atoms with E-state index in [4.69, 9.17) is 4.74 Å². The molecule has 3 N–H and O–H groups in total. The van der Waals surface area contributed by atoms with Gasteiger partial charge >= 0.3 is 0 Å². The molecule has 0 aromatic carbocycles. The van der Waals surface area contributed by atoms with Crippen LogP contribution in [0.15, 0.2) is 12.3 Å². The maximum atomic E-state index is 11.6. The Kier molecular flexibility index (Phi) is 6.09. The van der Waals surface area contributed by atoms with Gasteiger partial charge in [0, 0.05) is 6.42 Å². The van der Waals surface area contributed by atoms with Gasteiger partial charge in [-0.3, -0.25) is 0 Å². The van der Waals surface area contributed by atoms with E-state index in [-0.39, 0.29) is 29.1 Å². The van der Waals surface area contributed by atoms with Gasteiger partial charge in [-0.2, -0.15) is 0 Å². The van der Waals surface area contributed by atoms with Crippen molar-refractivity contribution >= 4 is 0 Å². The second-order valence-electron chi connectivity index (χ2n) is 11.8. The molecule has 4 fully saturated rings. The van der Waals surface area contributed by atoms with Gasteiger partial charge in [0.1, 0.15) is 0 Å². The highest BCUT2D eigenvalue weighted by atomic mass is 16.5. The smallest absolute Gasteiger partial charge is 0.0884 e. The Morgan fingerprint density at radius 1 is 1.07 bits per heavy atom. The van der Waals surface area contributed by atoms with Crippen molar-refractivity contribution in [1.82, 2.24) is 0 Å². The first-order valence-electron chi connectivity index (χ1n) is 12.4. The van der Waals surface area contributed by atoms with E-state index in [2.05, 4.69) is 27.4 Å². The molecule has 3 unspecified atom stereocenters. The summed E-state index contributed by atoms with van der Waals surface area (Å²) in [6, 6.07) is 0. The minimum Gasteiger partial charge on any atom is -0.502 e. The third-order valence-corrected chi connectivity index (χ3v) is 10.7. The highest BCUT2D eigenvalue weighted by Crippen LogP contribution is 2.68. The topological polar surface area (TPSA) is 69.9 Å². The minimum absolute atomic E-state index is 0.118. The number of hydrogen-bond donors (Lipinski definition) is 3. The molecular weight excluding hydrogens is 376 g/mol. The molecule has 0 aliphatic heterocycles. The van der Waals surface area contributed by atoms with Gasteiger partial charge < -0.3 is 20.1 Å². The molecule has 4 saturated carbocycles. The molecule has 0 aromatic rings. The Balaban J connectivity index is 1.58. The number of ether oxygens (including phenoxy) is 1. The largest absolute Gasteiger partial charge is 0.502 e. The van der Waals surface area contributed by atoms with Gasteiger partial charge in [-0.25, -0.2) is 0 Å². The fourth-order valence-corrected chi connectivity index (χ4v) is 8.82. The molecule has 30 heavy (non-hydrogen) atoms. The number of methoxy groups -OCH3 is 1. The van der Waals surface area contributed by atoms with Gasteiger partial charge in [0.25, 0.3) is 0 Å². The number of aliphatic hydroxyl groups is 3. The number of aliphatic hydroxyl groups excluding tert-OH is 3. The molecule has 0 bridgehead atoms. The fourth-order valence-electron chi connectivity index (χ4n) is 8.82. The Morgan fingerprint density at radius 3 is 2.50 bits per heavy atom. The van der Waals surface area contributed by atoms with Gasteiger partial charge in [-0.1, -0.05) is 27.4 Å². The van der Waals surface area contributed by atoms with E-state index >= 15 is 0 Å². The van der Waals surface area contributed by atoms with Crippen molar-refractivity contribution in [1.29, 1.82) is 0 Å². The summed E-state index contributed by atoms with van der Waals surface area (Å²) in [6.07, 6.45) is 7.72. The molecule has 0 heterocycles. The summed E-state index contributed by atoms with van der Waals surface area (Å²) in [5.74, 6) is 3.26. The molecule has 0 spiro atoms. The summed E-state index contributed by atoms with van der Waals surface area (Å²) in [5, 5.41) is 33.2. The summed E-state index contributed by atoms with van der Waals surface area (Å²) in [7, 11) is 1.69. The molecular formula is C26H44O4. The van der Waals surface area contributed by atoms with E-state index in [0.717, 1.165) is 63.5 Å². The van der Waals surface area contributed by atoms with Gasteiger partial charge in [0.05, 0.1) is 31.2 Å². The molecule has 0 amide bonds. The van der Waals surface area contributed by atoms with Crippen LogP contribution in [0.5, 0.6) is 0 Å². The lowest BCUT2D eigenvalue weighted by atomic mass is 9.43. The van der Waals surface area contributed by atoms with Crippen LogP contribution in [0, 0.1) is 46.3 Å². The fraction of sp³-hybridized carbons (Fsp3) is 0.923. The van der Waals surface area contributed by atoms with Crippen molar-refractivity contribution in [2.45, 2.75) is 96.9 Å². The predicted octanol–water partition coefficient (Wildman–Crippen LogP) is 4.52. The van der Waals surface area contributed by atoms with Crippen LogP contribution in [0.2, 0.25) is 0 Å². The van der Waals surface area contributed by atoms with Crippen LogP contribution in [0.4, 0.5) is 0 Å². The molecule has 4 aliphatic carbocycles. The molecule has 4 heteroatoms. The van der Waals surface area contributed by atoms with Crippen molar-refractivity contribution in [2.24, 2.45) is 46.3 Å². The number of rotatable bonds is 5. The summed E-state index contributed by atoms with van der Waals surface area (Å²) >= 11 is 0. The maximum Gasteiger partial charge on any atom is 0.0884 e. The first-order chi connectivity index (χ1) is 14.1.